The molecule has 2 fully saturated rings. The van der Waals surface area contributed by atoms with E-state index in [2.05, 4.69) is 4.98 Å². The van der Waals surface area contributed by atoms with Gasteiger partial charge in [0.1, 0.15) is 0 Å². The van der Waals surface area contributed by atoms with E-state index in [4.69, 9.17) is 4.74 Å². The first-order valence-corrected chi connectivity index (χ1v) is 6.63. The van der Waals surface area contributed by atoms with Gasteiger partial charge in [0.15, 0.2) is 5.03 Å². The van der Waals surface area contributed by atoms with Gasteiger partial charge in [-0.15, -0.1) is 0 Å². The van der Waals surface area contributed by atoms with Gasteiger partial charge >= 0.3 is 0 Å². The molecule has 0 amide bonds. The molecule has 2 aliphatic rings. The minimum Gasteiger partial charge on any atom is -0.375 e. The first kappa shape index (κ1) is 10.2. The Hall–Kier alpha value is -0.920. The molecule has 0 spiro atoms. The fraction of sp³-hybridized carbons (Fsp3) is 0.667. The lowest BCUT2D eigenvalue weighted by molar-refractivity contribution is 0.0608. The highest BCUT2D eigenvalue weighted by atomic mass is 32.2. The van der Waals surface area contributed by atoms with Crippen molar-refractivity contribution in [2.45, 2.75) is 23.6 Å². The summed E-state index contributed by atoms with van der Waals surface area (Å²) in [6.07, 6.45) is 3.91. The third-order valence-electron chi connectivity index (χ3n) is 3.10. The molecule has 2 bridgehead atoms. The van der Waals surface area contributed by atoms with E-state index in [0.29, 0.717) is 13.2 Å². The molecular formula is C9H13N3O3S. The molecule has 16 heavy (non-hydrogen) atoms. The zero-order chi connectivity index (χ0) is 11.3. The van der Waals surface area contributed by atoms with Crippen molar-refractivity contribution in [3.63, 3.8) is 0 Å². The number of rotatable bonds is 2. The number of hydrogen-bond donors (Lipinski definition) is 0. The molecule has 3 rings (SSSR count). The van der Waals surface area contributed by atoms with E-state index in [1.54, 1.807) is 11.6 Å². The topological polar surface area (TPSA) is 64.4 Å². The lowest BCUT2D eigenvalue weighted by atomic mass is 10.3. The van der Waals surface area contributed by atoms with Gasteiger partial charge < -0.3 is 9.30 Å². The Labute approximate surface area is 93.9 Å². The van der Waals surface area contributed by atoms with Crippen molar-refractivity contribution < 1.29 is 13.2 Å². The first-order valence-electron chi connectivity index (χ1n) is 5.19. The second-order valence-electron chi connectivity index (χ2n) is 4.30. The van der Waals surface area contributed by atoms with Gasteiger partial charge in [0.25, 0.3) is 10.0 Å². The maximum absolute atomic E-state index is 12.2. The molecule has 88 valence electrons. The van der Waals surface area contributed by atoms with E-state index in [1.807, 2.05) is 0 Å². The predicted molar refractivity (Wildman–Crippen MR) is 55.2 cm³/mol. The van der Waals surface area contributed by atoms with Crippen LogP contribution in [0.2, 0.25) is 0 Å². The number of imidazole rings is 1. The van der Waals surface area contributed by atoms with Gasteiger partial charge in [-0.2, -0.15) is 4.31 Å². The highest BCUT2D eigenvalue weighted by molar-refractivity contribution is 7.89. The highest BCUT2D eigenvalue weighted by Crippen LogP contribution is 2.32. The van der Waals surface area contributed by atoms with Gasteiger partial charge in [-0.1, -0.05) is 0 Å². The van der Waals surface area contributed by atoms with Crippen LogP contribution < -0.4 is 0 Å². The molecule has 0 aromatic carbocycles. The minimum atomic E-state index is -3.43. The Morgan fingerprint density at radius 2 is 2.38 bits per heavy atom. The summed E-state index contributed by atoms with van der Waals surface area (Å²) in [5, 5.41) is 0.127. The van der Waals surface area contributed by atoms with E-state index in [0.717, 1.165) is 6.42 Å². The van der Waals surface area contributed by atoms with Crippen molar-refractivity contribution >= 4 is 10.0 Å². The van der Waals surface area contributed by atoms with Crippen LogP contribution in [0.25, 0.3) is 0 Å². The standard InChI is InChI=1S/C9H13N3O3S/c1-11-4-9(10-6-11)16(13,14)12-3-8-2-7(12)5-15-8/h4,6-8H,2-3,5H2,1H3. The zero-order valence-electron chi connectivity index (χ0n) is 8.91. The van der Waals surface area contributed by atoms with Gasteiger partial charge in [-0.05, 0) is 6.42 Å². The maximum atomic E-state index is 12.2. The van der Waals surface area contributed by atoms with Crippen molar-refractivity contribution in [2.24, 2.45) is 7.05 Å². The number of aryl methyl sites for hydroxylation is 1. The lowest BCUT2D eigenvalue weighted by Crippen LogP contribution is -2.41. The molecule has 2 saturated heterocycles. The summed E-state index contributed by atoms with van der Waals surface area (Å²) in [4.78, 5) is 3.91. The average Bonchev–Trinajstić information content (AvgIpc) is 2.91. The van der Waals surface area contributed by atoms with Crippen LogP contribution in [0.15, 0.2) is 17.6 Å². The highest BCUT2D eigenvalue weighted by Gasteiger charge is 2.45. The summed E-state index contributed by atoms with van der Waals surface area (Å²) < 4.78 is 33.0. The van der Waals surface area contributed by atoms with Crippen molar-refractivity contribution in [1.82, 2.24) is 13.9 Å². The quantitative estimate of drug-likeness (QED) is 0.708. The Kier molecular flexibility index (Phi) is 2.10. The first-order chi connectivity index (χ1) is 7.57. The predicted octanol–water partition coefficient (Wildman–Crippen LogP) is -0.418. The molecule has 2 unspecified atom stereocenters. The summed E-state index contributed by atoms with van der Waals surface area (Å²) in [6.45, 7) is 0.973. The third-order valence-corrected chi connectivity index (χ3v) is 4.91. The van der Waals surface area contributed by atoms with E-state index in [-0.39, 0.29) is 17.2 Å². The summed E-state index contributed by atoms with van der Waals surface area (Å²) in [6, 6.07) is -0.00277. The third kappa shape index (κ3) is 1.39. The minimum absolute atomic E-state index is 0.00277. The van der Waals surface area contributed by atoms with Crippen LogP contribution in [0.1, 0.15) is 6.42 Å². The molecule has 0 N–H and O–H groups in total. The molecule has 6 nitrogen and oxygen atoms in total. The number of nitrogens with zero attached hydrogens (tertiary/aromatic N) is 3. The molecule has 1 aromatic heterocycles. The number of sulfonamides is 1. The summed E-state index contributed by atoms with van der Waals surface area (Å²) in [5.74, 6) is 0. The van der Waals surface area contributed by atoms with Gasteiger partial charge in [-0.25, -0.2) is 13.4 Å². The van der Waals surface area contributed by atoms with Crippen molar-refractivity contribution in [3.8, 4) is 0 Å². The molecule has 0 radical (unpaired) electrons. The van der Waals surface area contributed by atoms with Crippen molar-refractivity contribution in [1.29, 1.82) is 0 Å². The van der Waals surface area contributed by atoms with Crippen LogP contribution in [0.3, 0.4) is 0 Å². The Balaban J connectivity index is 1.94. The van der Waals surface area contributed by atoms with E-state index >= 15 is 0 Å². The van der Waals surface area contributed by atoms with Crippen LogP contribution in [0.5, 0.6) is 0 Å². The fourth-order valence-electron chi connectivity index (χ4n) is 2.30. The summed E-state index contributed by atoms with van der Waals surface area (Å²) >= 11 is 0. The van der Waals surface area contributed by atoms with E-state index < -0.39 is 10.0 Å². The average molecular weight is 243 g/mol. The number of ether oxygens (including phenoxy) is 1. The van der Waals surface area contributed by atoms with Crippen LogP contribution >= 0.6 is 0 Å². The normalized spacial score (nSPS) is 30.1. The molecule has 0 aliphatic carbocycles. The molecular weight excluding hydrogens is 230 g/mol. The Morgan fingerprint density at radius 3 is 2.88 bits per heavy atom. The molecule has 1 aromatic rings. The van der Waals surface area contributed by atoms with Crippen molar-refractivity contribution in [3.05, 3.63) is 12.5 Å². The molecule has 3 heterocycles. The van der Waals surface area contributed by atoms with E-state index in [9.17, 15) is 8.42 Å². The molecule has 7 heteroatoms. The second kappa shape index (κ2) is 3.28. The zero-order valence-corrected chi connectivity index (χ0v) is 9.72. The maximum Gasteiger partial charge on any atom is 0.262 e. The SMILES string of the molecule is Cn1cnc(S(=O)(=O)N2CC3CC2CO3)c1. The number of fused-ring (bicyclic) bond motifs is 2. The molecule has 2 atom stereocenters. The van der Waals surface area contributed by atoms with Crippen LogP contribution in [0, 0.1) is 0 Å². The van der Waals surface area contributed by atoms with Gasteiger partial charge in [0, 0.05) is 19.8 Å². The van der Waals surface area contributed by atoms with E-state index in [1.165, 1.54) is 16.8 Å². The number of morpholine rings is 1. The second-order valence-corrected chi connectivity index (χ2v) is 6.13. The Bertz CT molecular complexity index is 510. The van der Waals surface area contributed by atoms with Gasteiger partial charge in [-0.3, -0.25) is 0 Å². The number of aromatic nitrogens is 2. The molecule has 2 aliphatic heterocycles. The number of hydrogen-bond acceptors (Lipinski definition) is 4. The van der Waals surface area contributed by atoms with Gasteiger partial charge in [0.2, 0.25) is 0 Å². The largest absolute Gasteiger partial charge is 0.375 e. The Morgan fingerprint density at radius 1 is 1.56 bits per heavy atom. The van der Waals surface area contributed by atoms with Gasteiger partial charge in [0.05, 0.1) is 25.1 Å². The smallest absolute Gasteiger partial charge is 0.262 e. The fourth-order valence-corrected chi connectivity index (χ4v) is 3.92. The lowest BCUT2D eigenvalue weighted by Gasteiger charge is -2.24. The van der Waals surface area contributed by atoms with Crippen LogP contribution in [-0.4, -0.2) is 47.6 Å². The van der Waals surface area contributed by atoms with Crippen LogP contribution in [0.4, 0.5) is 0 Å². The van der Waals surface area contributed by atoms with Crippen LogP contribution in [-0.2, 0) is 21.8 Å². The monoisotopic (exact) mass is 243 g/mol. The summed E-state index contributed by atoms with van der Waals surface area (Å²) in [5.41, 5.74) is 0. The van der Waals surface area contributed by atoms with Crippen molar-refractivity contribution in [2.75, 3.05) is 13.2 Å². The summed E-state index contributed by atoms with van der Waals surface area (Å²) in [7, 11) is -1.67. The molecule has 0 saturated carbocycles.